The maximum Gasteiger partial charge on any atom is 0.0671 e. The minimum atomic E-state index is 1.05. The number of hydrogen-bond donors (Lipinski definition) is 1. The standard InChI is InChI=1S/C15H10N3/c1-2-4-15-11(3-1)7-8-18(15)13-6-5-12-10-16-17-14(12)9-13/h2-10H,(H,16,17). The third-order valence-corrected chi connectivity index (χ3v) is 3.24. The number of nitrogens with zero attached hydrogens (tertiary/aromatic N) is 2. The molecule has 0 bridgehead atoms. The third kappa shape index (κ3) is 1.27. The SMILES string of the molecule is [c]1ccc2c(c1)ccn2-c1ccc2cn[nH]c2c1. The van der Waals surface area contributed by atoms with Crippen LogP contribution in [0.4, 0.5) is 0 Å². The van der Waals surface area contributed by atoms with Gasteiger partial charge in [0.25, 0.3) is 0 Å². The minimum Gasteiger partial charge on any atom is -0.316 e. The molecular formula is C15H10N3. The Morgan fingerprint density at radius 1 is 1.11 bits per heavy atom. The Bertz CT molecular complexity index is 839. The van der Waals surface area contributed by atoms with E-state index in [1.165, 1.54) is 10.9 Å². The van der Waals surface area contributed by atoms with Crippen LogP contribution in [0.3, 0.4) is 0 Å². The van der Waals surface area contributed by atoms with E-state index in [0.29, 0.717) is 0 Å². The molecule has 0 atom stereocenters. The molecule has 2 aromatic heterocycles. The van der Waals surface area contributed by atoms with Gasteiger partial charge in [-0.25, -0.2) is 0 Å². The van der Waals surface area contributed by atoms with Gasteiger partial charge in [0, 0.05) is 22.7 Å². The lowest BCUT2D eigenvalue weighted by atomic mass is 10.2. The first kappa shape index (κ1) is 9.48. The van der Waals surface area contributed by atoms with E-state index in [0.717, 1.165) is 16.6 Å². The van der Waals surface area contributed by atoms with Crippen LogP contribution in [0.15, 0.2) is 54.9 Å². The average Bonchev–Trinajstić information content (AvgIpc) is 3.04. The van der Waals surface area contributed by atoms with Gasteiger partial charge in [-0.3, -0.25) is 5.10 Å². The van der Waals surface area contributed by atoms with Crippen molar-refractivity contribution in [3.63, 3.8) is 0 Å². The molecule has 2 heterocycles. The monoisotopic (exact) mass is 232 g/mol. The summed E-state index contributed by atoms with van der Waals surface area (Å²) < 4.78 is 2.17. The molecule has 85 valence electrons. The molecule has 1 N–H and O–H groups in total. The summed E-state index contributed by atoms with van der Waals surface area (Å²) in [5.41, 5.74) is 3.37. The van der Waals surface area contributed by atoms with Gasteiger partial charge in [-0.15, -0.1) is 0 Å². The van der Waals surface area contributed by atoms with E-state index in [1.54, 1.807) is 0 Å². The molecule has 4 rings (SSSR count). The van der Waals surface area contributed by atoms with E-state index in [-0.39, 0.29) is 0 Å². The number of aromatic amines is 1. The van der Waals surface area contributed by atoms with Gasteiger partial charge in [0.15, 0.2) is 0 Å². The molecule has 2 aromatic carbocycles. The average molecular weight is 232 g/mol. The molecule has 18 heavy (non-hydrogen) atoms. The van der Waals surface area contributed by atoms with Gasteiger partial charge in [0.05, 0.1) is 17.2 Å². The Morgan fingerprint density at radius 3 is 3.11 bits per heavy atom. The topological polar surface area (TPSA) is 33.6 Å². The van der Waals surface area contributed by atoms with E-state index in [2.05, 4.69) is 57.4 Å². The first-order chi connectivity index (χ1) is 8.92. The van der Waals surface area contributed by atoms with Crippen molar-refractivity contribution in [3.05, 3.63) is 60.9 Å². The number of nitrogens with one attached hydrogen (secondary N) is 1. The van der Waals surface area contributed by atoms with Crippen LogP contribution in [0.25, 0.3) is 27.5 Å². The highest BCUT2D eigenvalue weighted by molar-refractivity contribution is 5.84. The second kappa shape index (κ2) is 3.47. The van der Waals surface area contributed by atoms with E-state index in [9.17, 15) is 0 Å². The number of rotatable bonds is 1. The number of aromatic nitrogens is 3. The highest BCUT2D eigenvalue weighted by Gasteiger charge is 2.03. The van der Waals surface area contributed by atoms with Crippen molar-refractivity contribution >= 4 is 21.8 Å². The summed E-state index contributed by atoms with van der Waals surface area (Å²) in [5, 5.41) is 9.37. The molecule has 0 saturated heterocycles. The zero-order valence-corrected chi connectivity index (χ0v) is 9.59. The molecule has 0 unspecified atom stereocenters. The molecule has 0 saturated carbocycles. The molecule has 0 aliphatic carbocycles. The quantitative estimate of drug-likeness (QED) is 0.536. The number of benzene rings is 2. The van der Waals surface area contributed by atoms with Crippen LogP contribution in [0.5, 0.6) is 0 Å². The number of hydrogen-bond acceptors (Lipinski definition) is 1. The number of fused-ring (bicyclic) bond motifs is 2. The van der Waals surface area contributed by atoms with Crippen LogP contribution in [0.2, 0.25) is 0 Å². The van der Waals surface area contributed by atoms with Crippen LogP contribution in [0, 0.1) is 6.07 Å². The van der Waals surface area contributed by atoms with Crippen molar-refractivity contribution in [2.45, 2.75) is 0 Å². The van der Waals surface area contributed by atoms with Crippen molar-refractivity contribution < 1.29 is 0 Å². The summed E-state index contributed by atoms with van der Waals surface area (Å²) in [6.45, 7) is 0. The second-order valence-electron chi connectivity index (χ2n) is 4.31. The summed E-state index contributed by atoms with van der Waals surface area (Å²) in [5.74, 6) is 0. The Balaban J connectivity index is 2.00. The Hall–Kier alpha value is -2.55. The van der Waals surface area contributed by atoms with Crippen LogP contribution in [0.1, 0.15) is 0 Å². The van der Waals surface area contributed by atoms with Crippen molar-refractivity contribution in [2.75, 3.05) is 0 Å². The molecule has 0 aliphatic rings. The molecule has 0 aliphatic heterocycles. The molecule has 4 aromatic rings. The summed E-state index contributed by atoms with van der Waals surface area (Å²) in [6, 6.07) is 17.5. The smallest absolute Gasteiger partial charge is 0.0671 e. The Labute approximate surface area is 104 Å². The lowest BCUT2D eigenvalue weighted by Crippen LogP contribution is -1.91. The van der Waals surface area contributed by atoms with E-state index < -0.39 is 0 Å². The van der Waals surface area contributed by atoms with Gasteiger partial charge in [-0.05, 0) is 42.5 Å². The molecule has 3 nitrogen and oxygen atoms in total. The normalized spacial score (nSPS) is 11.3. The minimum absolute atomic E-state index is 1.05. The lowest BCUT2D eigenvalue weighted by Gasteiger charge is -2.05. The summed E-state index contributed by atoms with van der Waals surface area (Å²) in [7, 11) is 0. The zero-order valence-electron chi connectivity index (χ0n) is 9.59. The van der Waals surface area contributed by atoms with Crippen LogP contribution >= 0.6 is 0 Å². The van der Waals surface area contributed by atoms with Gasteiger partial charge in [0.2, 0.25) is 0 Å². The zero-order chi connectivity index (χ0) is 11.9. The second-order valence-corrected chi connectivity index (χ2v) is 4.31. The molecule has 0 amide bonds. The molecule has 3 heteroatoms. The summed E-state index contributed by atoms with van der Waals surface area (Å²) in [6.07, 6.45) is 3.91. The van der Waals surface area contributed by atoms with E-state index >= 15 is 0 Å². The fourth-order valence-corrected chi connectivity index (χ4v) is 2.32. The number of H-pyrrole nitrogens is 1. The fourth-order valence-electron chi connectivity index (χ4n) is 2.32. The van der Waals surface area contributed by atoms with Crippen LogP contribution in [-0.2, 0) is 0 Å². The summed E-state index contributed by atoms with van der Waals surface area (Å²) in [4.78, 5) is 0. The van der Waals surface area contributed by atoms with Gasteiger partial charge in [0.1, 0.15) is 0 Å². The van der Waals surface area contributed by atoms with Gasteiger partial charge < -0.3 is 4.57 Å². The molecule has 0 spiro atoms. The first-order valence-electron chi connectivity index (χ1n) is 5.82. The van der Waals surface area contributed by atoms with Crippen molar-refractivity contribution in [2.24, 2.45) is 0 Å². The van der Waals surface area contributed by atoms with Crippen LogP contribution in [-0.4, -0.2) is 14.8 Å². The highest BCUT2D eigenvalue weighted by atomic mass is 15.1. The maximum absolute atomic E-state index is 4.05. The maximum atomic E-state index is 4.05. The predicted octanol–water partition coefficient (Wildman–Crippen LogP) is 3.31. The largest absolute Gasteiger partial charge is 0.316 e. The van der Waals surface area contributed by atoms with Crippen LogP contribution < -0.4 is 0 Å². The predicted molar refractivity (Wildman–Crippen MR) is 71.8 cm³/mol. The van der Waals surface area contributed by atoms with E-state index in [1.807, 2.05) is 18.3 Å². The van der Waals surface area contributed by atoms with Crippen molar-refractivity contribution in [1.29, 1.82) is 0 Å². The van der Waals surface area contributed by atoms with Gasteiger partial charge in [-0.1, -0.05) is 6.07 Å². The first-order valence-corrected chi connectivity index (χ1v) is 5.82. The molecule has 1 radical (unpaired) electrons. The van der Waals surface area contributed by atoms with Gasteiger partial charge >= 0.3 is 0 Å². The van der Waals surface area contributed by atoms with Crippen molar-refractivity contribution in [3.8, 4) is 5.69 Å². The third-order valence-electron chi connectivity index (χ3n) is 3.24. The van der Waals surface area contributed by atoms with Crippen molar-refractivity contribution in [1.82, 2.24) is 14.8 Å². The van der Waals surface area contributed by atoms with E-state index in [4.69, 9.17) is 0 Å². The lowest BCUT2D eigenvalue weighted by molar-refractivity contribution is 1.11. The Kier molecular flexibility index (Phi) is 1.83. The fraction of sp³-hybridized carbons (Fsp3) is 0. The summed E-state index contributed by atoms with van der Waals surface area (Å²) >= 11 is 0. The Morgan fingerprint density at radius 2 is 2.11 bits per heavy atom. The molecule has 0 fully saturated rings. The van der Waals surface area contributed by atoms with Gasteiger partial charge in [-0.2, -0.15) is 5.10 Å². The molecular weight excluding hydrogens is 222 g/mol. The highest BCUT2D eigenvalue weighted by Crippen LogP contribution is 2.22.